The largest absolute Gasteiger partial charge is 0.311 e. The lowest BCUT2D eigenvalue weighted by Gasteiger charge is -2.31. The van der Waals surface area contributed by atoms with Crippen molar-refractivity contribution >= 4 is 16.3 Å². The van der Waals surface area contributed by atoms with Gasteiger partial charge in [0.05, 0.1) is 17.1 Å². The fourth-order valence-electron chi connectivity index (χ4n) is 3.54. The van der Waals surface area contributed by atoms with Crippen molar-refractivity contribution in [1.29, 1.82) is 0 Å². The second-order valence-electron chi connectivity index (χ2n) is 6.51. The third-order valence-corrected chi connectivity index (χ3v) is 5.58. The van der Waals surface area contributed by atoms with Crippen LogP contribution in [0, 0.1) is 13.8 Å². The molecule has 3 aromatic heterocycles. The number of nitrogens with zero attached hydrogens (tertiary/aromatic N) is 4. The predicted molar refractivity (Wildman–Crippen MR) is 94.7 cm³/mol. The molecule has 7 heteroatoms. The normalized spacial score (nSPS) is 16.9. The van der Waals surface area contributed by atoms with Crippen LogP contribution in [0.4, 0.5) is 0 Å². The first kappa shape index (κ1) is 15.5. The Bertz CT molecular complexity index is 917. The summed E-state index contributed by atoms with van der Waals surface area (Å²) in [5.74, 6) is 1.09. The van der Waals surface area contributed by atoms with Crippen molar-refractivity contribution < 1.29 is 0 Å². The molecule has 1 aliphatic rings. The highest BCUT2D eigenvalue weighted by Gasteiger charge is 2.23. The minimum atomic E-state index is -0.0466. The van der Waals surface area contributed by atoms with Gasteiger partial charge in [0, 0.05) is 30.1 Å². The van der Waals surface area contributed by atoms with Gasteiger partial charge in [-0.25, -0.2) is 9.97 Å². The van der Waals surface area contributed by atoms with Gasteiger partial charge in [-0.2, -0.15) is 0 Å². The van der Waals surface area contributed by atoms with E-state index in [2.05, 4.69) is 42.8 Å². The minimum Gasteiger partial charge on any atom is -0.311 e. The van der Waals surface area contributed by atoms with Crippen LogP contribution in [0.2, 0.25) is 0 Å². The number of aryl methyl sites for hydroxylation is 2. The summed E-state index contributed by atoms with van der Waals surface area (Å²) in [6.07, 6.45) is 4.19. The Morgan fingerprint density at radius 3 is 2.83 bits per heavy atom. The van der Waals surface area contributed by atoms with Crippen molar-refractivity contribution in [3.63, 3.8) is 0 Å². The van der Waals surface area contributed by atoms with E-state index in [1.54, 1.807) is 17.4 Å². The van der Waals surface area contributed by atoms with Gasteiger partial charge < -0.3 is 4.98 Å². The van der Waals surface area contributed by atoms with Gasteiger partial charge in [0.2, 0.25) is 0 Å². The van der Waals surface area contributed by atoms with Crippen LogP contribution in [-0.2, 0) is 6.54 Å². The monoisotopic (exact) mass is 343 g/mol. The van der Waals surface area contributed by atoms with Crippen LogP contribution in [-0.4, -0.2) is 37.3 Å². The zero-order chi connectivity index (χ0) is 16.7. The maximum Gasteiger partial charge on any atom is 0.251 e. The van der Waals surface area contributed by atoms with E-state index in [1.807, 2.05) is 6.92 Å². The molecule has 4 rings (SSSR count). The van der Waals surface area contributed by atoms with Crippen molar-refractivity contribution in [1.82, 2.24) is 24.3 Å². The lowest BCUT2D eigenvalue weighted by molar-refractivity contribution is 0.200. The van der Waals surface area contributed by atoms with Gasteiger partial charge in [0.15, 0.2) is 4.96 Å². The number of nitrogens with one attached hydrogen (secondary N) is 1. The summed E-state index contributed by atoms with van der Waals surface area (Å²) in [5.41, 5.74) is 3.30. The Hall–Kier alpha value is -1.99. The molecule has 1 fully saturated rings. The first-order valence-electron chi connectivity index (χ1n) is 8.31. The molecule has 4 heterocycles. The molecule has 1 aliphatic heterocycles. The van der Waals surface area contributed by atoms with Gasteiger partial charge in [0.1, 0.15) is 5.82 Å². The average molecular weight is 343 g/mol. The molecule has 126 valence electrons. The number of hydrogen-bond acceptors (Lipinski definition) is 5. The number of likely N-dealkylation sites (tertiary alicyclic amines) is 1. The maximum absolute atomic E-state index is 11.7. The van der Waals surface area contributed by atoms with E-state index in [0.29, 0.717) is 11.7 Å². The Kier molecular flexibility index (Phi) is 3.97. The van der Waals surface area contributed by atoms with Crippen molar-refractivity contribution in [3.8, 4) is 0 Å². The summed E-state index contributed by atoms with van der Waals surface area (Å²) >= 11 is 1.68. The highest BCUT2D eigenvalue weighted by molar-refractivity contribution is 7.15. The van der Waals surface area contributed by atoms with Crippen LogP contribution in [0.3, 0.4) is 0 Å². The molecule has 1 N–H and O–H groups in total. The fraction of sp³-hybridized carbons (Fsp3) is 0.471. The number of aromatic nitrogens is 4. The number of thiazole rings is 1. The van der Waals surface area contributed by atoms with Crippen LogP contribution >= 0.6 is 11.3 Å². The summed E-state index contributed by atoms with van der Waals surface area (Å²) in [7, 11) is 0. The molecule has 0 radical (unpaired) electrons. The maximum atomic E-state index is 11.7. The minimum absolute atomic E-state index is 0.0466. The van der Waals surface area contributed by atoms with Gasteiger partial charge in [0.25, 0.3) is 5.56 Å². The molecule has 6 nitrogen and oxygen atoms in total. The molecule has 0 atom stereocenters. The van der Waals surface area contributed by atoms with Crippen molar-refractivity contribution in [2.75, 3.05) is 13.1 Å². The third-order valence-electron chi connectivity index (χ3n) is 4.82. The third kappa shape index (κ3) is 2.89. The standard InChI is InChI=1S/C17H21N5OS/c1-11-15(22-7-8-24-17(22)18-11)10-21-5-3-13(4-6-21)14-9-16(23)20-12(2)19-14/h7-9,13H,3-6,10H2,1-2H3,(H,19,20,23). The van der Waals surface area contributed by atoms with Gasteiger partial charge in [-0.1, -0.05) is 0 Å². The summed E-state index contributed by atoms with van der Waals surface area (Å²) in [6, 6.07) is 1.66. The van der Waals surface area contributed by atoms with Crippen molar-refractivity contribution in [2.45, 2.75) is 39.2 Å². The first-order chi connectivity index (χ1) is 11.6. The number of aromatic amines is 1. The molecule has 0 aliphatic carbocycles. The molecular formula is C17H21N5OS. The Morgan fingerprint density at radius 1 is 1.29 bits per heavy atom. The first-order valence-corrected chi connectivity index (χ1v) is 9.19. The number of rotatable bonds is 3. The molecular weight excluding hydrogens is 322 g/mol. The van der Waals surface area contributed by atoms with Crippen molar-refractivity contribution in [3.05, 3.63) is 50.9 Å². The molecule has 0 bridgehead atoms. The SMILES string of the molecule is Cc1nc(C2CCN(Cc3c(C)nc4sccn34)CC2)cc(=O)[nH]1. The molecule has 0 aromatic carbocycles. The van der Waals surface area contributed by atoms with E-state index in [9.17, 15) is 4.79 Å². The second kappa shape index (κ2) is 6.14. The molecule has 3 aromatic rings. The number of imidazole rings is 1. The summed E-state index contributed by atoms with van der Waals surface area (Å²) in [5, 5.41) is 2.08. The van der Waals surface area contributed by atoms with Crippen LogP contribution in [0.5, 0.6) is 0 Å². The van der Waals surface area contributed by atoms with E-state index in [-0.39, 0.29) is 5.56 Å². The highest BCUT2D eigenvalue weighted by Crippen LogP contribution is 2.27. The lowest BCUT2D eigenvalue weighted by Crippen LogP contribution is -2.33. The zero-order valence-electron chi connectivity index (χ0n) is 14.0. The van der Waals surface area contributed by atoms with Gasteiger partial charge in [-0.05, 0) is 39.8 Å². The molecule has 0 amide bonds. The quantitative estimate of drug-likeness (QED) is 0.793. The van der Waals surface area contributed by atoms with E-state index < -0.39 is 0 Å². The average Bonchev–Trinajstić information content (AvgIpc) is 3.10. The Balaban J connectivity index is 1.45. The molecule has 0 saturated carbocycles. The van der Waals surface area contributed by atoms with Gasteiger partial charge in [-0.15, -0.1) is 11.3 Å². The Morgan fingerprint density at radius 2 is 2.08 bits per heavy atom. The van der Waals surface area contributed by atoms with Crippen LogP contribution in [0.1, 0.15) is 41.7 Å². The number of piperidine rings is 1. The van der Waals surface area contributed by atoms with Crippen LogP contribution in [0.25, 0.3) is 4.96 Å². The van der Waals surface area contributed by atoms with E-state index in [4.69, 9.17) is 0 Å². The van der Waals surface area contributed by atoms with E-state index in [0.717, 1.165) is 48.8 Å². The second-order valence-corrected chi connectivity index (χ2v) is 7.38. The lowest BCUT2D eigenvalue weighted by atomic mass is 9.93. The molecule has 1 saturated heterocycles. The molecule has 0 spiro atoms. The van der Waals surface area contributed by atoms with Crippen molar-refractivity contribution in [2.24, 2.45) is 0 Å². The molecule has 24 heavy (non-hydrogen) atoms. The summed E-state index contributed by atoms with van der Waals surface area (Å²) in [4.78, 5) is 27.1. The highest BCUT2D eigenvalue weighted by atomic mass is 32.1. The summed E-state index contributed by atoms with van der Waals surface area (Å²) in [6.45, 7) is 6.90. The number of hydrogen-bond donors (Lipinski definition) is 1. The van der Waals surface area contributed by atoms with E-state index >= 15 is 0 Å². The summed E-state index contributed by atoms with van der Waals surface area (Å²) < 4.78 is 2.20. The van der Waals surface area contributed by atoms with Crippen LogP contribution in [0.15, 0.2) is 22.4 Å². The number of fused-ring (bicyclic) bond motifs is 1. The topological polar surface area (TPSA) is 66.3 Å². The Labute approximate surface area is 144 Å². The molecule has 0 unspecified atom stereocenters. The van der Waals surface area contributed by atoms with Gasteiger partial charge in [-0.3, -0.25) is 14.1 Å². The fourth-order valence-corrected chi connectivity index (χ4v) is 4.32. The zero-order valence-corrected chi connectivity index (χ0v) is 14.8. The van der Waals surface area contributed by atoms with Crippen LogP contribution < -0.4 is 5.56 Å². The van der Waals surface area contributed by atoms with E-state index in [1.165, 1.54) is 5.69 Å². The smallest absolute Gasteiger partial charge is 0.251 e. The van der Waals surface area contributed by atoms with Gasteiger partial charge >= 0.3 is 0 Å². The predicted octanol–water partition coefficient (Wildman–Crippen LogP) is 2.48. The number of H-pyrrole nitrogens is 1.